The highest BCUT2D eigenvalue weighted by Crippen LogP contribution is 2.58. The molecule has 0 N–H and O–H groups in total. The number of allylic oxidation sites excluding steroid dienone is 16. The molecular weight excluding hydrogens is 521 g/mol. The Kier molecular flexibility index (Phi) is 6.92. The van der Waals surface area contributed by atoms with Gasteiger partial charge in [-0.3, -0.25) is 0 Å². The molecule has 4 unspecified atom stereocenters. The van der Waals surface area contributed by atoms with Crippen LogP contribution in [0.2, 0.25) is 17.6 Å². The molecular formula is C41H38Si. The van der Waals surface area contributed by atoms with E-state index in [-0.39, 0.29) is 11.8 Å². The number of benzene rings is 3. The van der Waals surface area contributed by atoms with Crippen molar-refractivity contribution in [3.05, 3.63) is 196 Å². The van der Waals surface area contributed by atoms with Crippen LogP contribution >= 0.6 is 0 Å². The monoisotopic (exact) mass is 558 g/mol. The minimum absolute atomic E-state index is 0.268. The molecule has 206 valence electrons. The van der Waals surface area contributed by atoms with Crippen LogP contribution in [0.25, 0.3) is 0 Å². The summed E-state index contributed by atoms with van der Waals surface area (Å²) in [6, 6.07) is 33.6. The fourth-order valence-corrected chi connectivity index (χ4v) is 14.0. The van der Waals surface area contributed by atoms with Gasteiger partial charge < -0.3 is 0 Å². The fraction of sp³-hybridized carbons (Fsp3) is 0.171. The Hall–Kier alpha value is -4.20. The lowest BCUT2D eigenvalue weighted by atomic mass is 9.89. The van der Waals surface area contributed by atoms with Gasteiger partial charge in [0.2, 0.25) is 0 Å². The average Bonchev–Trinajstić information content (AvgIpc) is 3.35. The van der Waals surface area contributed by atoms with E-state index in [2.05, 4.69) is 172 Å². The highest BCUT2D eigenvalue weighted by Gasteiger charge is 2.52. The second kappa shape index (κ2) is 10.9. The molecule has 0 nitrogen and oxygen atoms in total. The van der Waals surface area contributed by atoms with Gasteiger partial charge in [0.05, 0.1) is 0 Å². The van der Waals surface area contributed by atoms with Gasteiger partial charge in [0.1, 0.15) is 8.07 Å². The van der Waals surface area contributed by atoms with Gasteiger partial charge in [-0.1, -0.05) is 175 Å². The van der Waals surface area contributed by atoms with Crippen LogP contribution in [-0.4, -0.2) is 8.07 Å². The summed E-state index contributed by atoms with van der Waals surface area (Å²) in [4.78, 5) is 0. The predicted molar refractivity (Wildman–Crippen MR) is 182 cm³/mol. The van der Waals surface area contributed by atoms with Crippen LogP contribution in [0.1, 0.15) is 36.8 Å². The number of hydrogen-bond donors (Lipinski definition) is 0. The molecule has 0 spiro atoms. The number of rotatable bonds is 5. The van der Waals surface area contributed by atoms with Crippen molar-refractivity contribution in [3.63, 3.8) is 0 Å². The first-order valence-corrected chi connectivity index (χ1v) is 17.9. The maximum Gasteiger partial charge on any atom is 0.106 e. The Morgan fingerprint density at radius 3 is 1.31 bits per heavy atom. The summed E-state index contributed by atoms with van der Waals surface area (Å²) >= 11 is 0. The summed E-state index contributed by atoms with van der Waals surface area (Å²) < 4.78 is 0. The van der Waals surface area contributed by atoms with Gasteiger partial charge in [-0.05, 0) is 47.3 Å². The topological polar surface area (TPSA) is 0 Å². The molecule has 0 fully saturated rings. The molecule has 42 heavy (non-hydrogen) atoms. The lowest BCUT2D eigenvalue weighted by Crippen LogP contribution is -2.54. The molecule has 1 heteroatoms. The summed E-state index contributed by atoms with van der Waals surface area (Å²) in [5.74, 6) is 0.536. The molecule has 0 heterocycles. The van der Waals surface area contributed by atoms with Crippen molar-refractivity contribution in [2.45, 2.75) is 43.3 Å². The molecule has 3 aromatic rings. The zero-order valence-corrected chi connectivity index (χ0v) is 25.7. The SMILES string of the molecule is CC1=CC2=C(C=CC=CC2c2ccccc2)C1[Si](C)(c1ccccc1)C1C(C)=CC2=C1C=CC=CC2c1ccccc1. The van der Waals surface area contributed by atoms with Crippen molar-refractivity contribution in [2.75, 3.05) is 0 Å². The first kappa shape index (κ1) is 26.7. The molecule has 4 atom stereocenters. The Labute approximate surface area is 252 Å². The zero-order chi connectivity index (χ0) is 28.7. The second-order valence-corrected chi connectivity index (χ2v) is 16.7. The van der Waals surface area contributed by atoms with E-state index < -0.39 is 8.07 Å². The lowest BCUT2D eigenvalue weighted by Gasteiger charge is -2.43. The smallest absolute Gasteiger partial charge is 0.0726 e. The summed E-state index contributed by atoms with van der Waals surface area (Å²) in [5, 5.41) is 1.53. The van der Waals surface area contributed by atoms with Gasteiger partial charge in [0, 0.05) is 22.9 Å². The van der Waals surface area contributed by atoms with E-state index in [1.54, 1.807) is 0 Å². The van der Waals surface area contributed by atoms with E-state index in [9.17, 15) is 0 Å². The van der Waals surface area contributed by atoms with E-state index in [1.165, 1.54) is 49.8 Å². The highest BCUT2D eigenvalue weighted by atomic mass is 28.3. The molecule has 0 saturated carbocycles. The molecule has 0 radical (unpaired) electrons. The molecule has 0 saturated heterocycles. The van der Waals surface area contributed by atoms with Crippen molar-refractivity contribution in [1.82, 2.24) is 0 Å². The van der Waals surface area contributed by atoms with Gasteiger partial charge in [0.25, 0.3) is 0 Å². The lowest BCUT2D eigenvalue weighted by molar-refractivity contribution is 0.987. The van der Waals surface area contributed by atoms with Crippen LogP contribution < -0.4 is 5.19 Å². The van der Waals surface area contributed by atoms with E-state index in [4.69, 9.17) is 0 Å². The molecule has 4 aliphatic rings. The summed E-state index contributed by atoms with van der Waals surface area (Å²) in [5.41, 5.74) is 12.5. The van der Waals surface area contributed by atoms with Crippen LogP contribution in [0.4, 0.5) is 0 Å². The highest BCUT2D eigenvalue weighted by molar-refractivity contribution is 6.95. The maximum atomic E-state index is 2.67. The van der Waals surface area contributed by atoms with E-state index >= 15 is 0 Å². The minimum Gasteiger partial charge on any atom is -0.0726 e. The standard InChI is InChI=1S/C41H38Si/c1-29-27-38-34(31-17-7-4-8-18-31)23-13-15-25-36(38)40(29)42(3,33-21-11-6-12-22-33)41-30(2)28-39-35(24-14-16-26-37(39)41)32-19-9-5-10-20-32/h4-28,34-35,40-41H,1-3H3. The van der Waals surface area contributed by atoms with Gasteiger partial charge in [-0.15, -0.1) is 0 Å². The van der Waals surface area contributed by atoms with Crippen molar-refractivity contribution in [3.8, 4) is 0 Å². The average molecular weight is 559 g/mol. The third-order valence-electron chi connectivity index (χ3n) is 9.93. The fourth-order valence-electron chi connectivity index (χ4n) is 8.24. The Morgan fingerprint density at radius 2 is 0.881 bits per heavy atom. The van der Waals surface area contributed by atoms with Crippen LogP contribution in [0.15, 0.2) is 185 Å². The zero-order valence-electron chi connectivity index (χ0n) is 24.7. The summed E-state index contributed by atoms with van der Waals surface area (Å²) in [7, 11) is -2.32. The molecule has 4 aliphatic carbocycles. The Morgan fingerprint density at radius 1 is 0.476 bits per heavy atom. The first-order chi connectivity index (χ1) is 20.6. The maximum absolute atomic E-state index is 2.67. The third-order valence-corrected chi connectivity index (χ3v) is 15.4. The molecule has 0 aromatic heterocycles. The number of hydrogen-bond acceptors (Lipinski definition) is 0. The van der Waals surface area contributed by atoms with Gasteiger partial charge >= 0.3 is 0 Å². The van der Waals surface area contributed by atoms with Crippen molar-refractivity contribution >= 4 is 13.3 Å². The van der Waals surface area contributed by atoms with Crippen LogP contribution in [0.3, 0.4) is 0 Å². The van der Waals surface area contributed by atoms with Crippen LogP contribution in [0, 0.1) is 0 Å². The molecule has 0 amide bonds. The largest absolute Gasteiger partial charge is 0.106 e. The molecule has 3 aromatic carbocycles. The first-order valence-electron chi connectivity index (χ1n) is 15.3. The van der Waals surface area contributed by atoms with Crippen molar-refractivity contribution in [2.24, 2.45) is 0 Å². The van der Waals surface area contributed by atoms with Gasteiger partial charge in [-0.25, -0.2) is 0 Å². The molecule has 7 rings (SSSR count). The van der Waals surface area contributed by atoms with E-state index in [0.717, 1.165) is 0 Å². The summed E-state index contributed by atoms with van der Waals surface area (Å²) in [6.45, 7) is 7.47. The van der Waals surface area contributed by atoms with E-state index in [1.807, 2.05) is 0 Å². The van der Waals surface area contributed by atoms with Crippen LogP contribution in [0.5, 0.6) is 0 Å². The van der Waals surface area contributed by atoms with Crippen LogP contribution in [-0.2, 0) is 0 Å². The molecule has 0 bridgehead atoms. The van der Waals surface area contributed by atoms with Gasteiger partial charge in [-0.2, -0.15) is 0 Å². The third kappa shape index (κ3) is 4.35. The molecule has 0 aliphatic heterocycles. The van der Waals surface area contributed by atoms with Crippen molar-refractivity contribution in [1.29, 1.82) is 0 Å². The Balaban J connectivity index is 1.42. The Bertz CT molecular complexity index is 1630. The van der Waals surface area contributed by atoms with E-state index in [0.29, 0.717) is 11.1 Å². The summed E-state index contributed by atoms with van der Waals surface area (Å²) in [6.07, 6.45) is 23.8. The van der Waals surface area contributed by atoms with Gasteiger partial charge in [0.15, 0.2) is 0 Å². The minimum atomic E-state index is -2.32. The second-order valence-electron chi connectivity index (χ2n) is 12.4. The predicted octanol–water partition coefficient (Wildman–Crippen LogP) is 10.0. The quantitative estimate of drug-likeness (QED) is 0.273. The normalized spacial score (nSPS) is 25.9. The van der Waals surface area contributed by atoms with Crippen molar-refractivity contribution < 1.29 is 0 Å².